The number of thioether (sulfide) groups is 1. The summed E-state index contributed by atoms with van der Waals surface area (Å²) in [6.07, 6.45) is 1.68. The Morgan fingerprint density at radius 2 is 2.22 bits per heavy atom. The second-order valence-electron chi connectivity index (χ2n) is 3.77. The molecule has 0 saturated carbocycles. The molecule has 98 valence electrons. The second kappa shape index (κ2) is 5.96. The summed E-state index contributed by atoms with van der Waals surface area (Å²) in [6, 6.07) is 5.98. The van der Waals surface area contributed by atoms with Gasteiger partial charge in [-0.05, 0) is 26.0 Å². The van der Waals surface area contributed by atoms with Crippen molar-refractivity contribution in [1.82, 2.24) is 0 Å². The van der Waals surface area contributed by atoms with Crippen LogP contribution in [0, 0.1) is 0 Å². The lowest BCUT2D eigenvalue weighted by Gasteiger charge is -2.18. The number of carbonyl (C=O) groups excluding carboxylic acids is 1. The Morgan fingerprint density at radius 3 is 2.78 bits per heavy atom. The predicted octanol–water partition coefficient (Wildman–Crippen LogP) is 3.69. The van der Waals surface area contributed by atoms with E-state index < -0.39 is 0 Å². The van der Waals surface area contributed by atoms with Crippen molar-refractivity contribution in [3.8, 4) is 5.75 Å². The lowest BCUT2D eigenvalue weighted by Crippen LogP contribution is -2.17. The summed E-state index contributed by atoms with van der Waals surface area (Å²) < 4.78 is 5.23. The molecule has 0 fully saturated rings. The highest BCUT2D eigenvalue weighted by atomic mass is 32.2. The first-order valence-corrected chi connectivity index (χ1v) is 6.33. The quantitative estimate of drug-likeness (QED) is 0.779. The minimum atomic E-state index is 0. The molecule has 0 unspecified atom stereocenters. The van der Waals surface area contributed by atoms with Crippen molar-refractivity contribution in [2.75, 3.05) is 18.6 Å². The van der Waals surface area contributed by atoms with E-state index in [-0.39, 0.29) is 13.2 Å². The number of fused-ring (bicyclic) bond motifs is 1. The van der Waals surface area contributed by atoms with E-state index >= 15 is 0 Å². The standard InChI is InChI=1S/C13H15NO2S.CH4/c1-4-14-11-8-10(16-3)5-6-12(11)17-13(14)7-9(2)15;/h5-8H,4H2,1-3H3;1H4/b13-7-;. The molecule has 0 bridgehead atoms. The lowest BCUT2D eigenvalue weighted by molar-refractivity contribution is -0.112. The van der Waals surface area contributed by atoms with E-state index in [0.29, 0.717) is 0 Å². The van der Waals surface area contributed by atoms with Crippen molar-refractivity contribution in [3.63, 3.8) is 0 Å². The van der Waals surface area contributed by atoms with Crippen LogP contribution in [0.5, 0.6) is 5.75 Å². The summed E-state index contributed by atoms with van der Waals surface area (Å²) in [6.45, 7) is 4.49. The molecule has 1 aromatic rings. The lowest BCUT2D eigenvalue weighted by atomic mass is 10.2. The van der Waals surface area contributed by atoms with Crippen molar-refractivity contribution in [3.05, 3.63) is 29.3 Å². The van der Waals surface area contributed by atoms with Gasteiger partial charge < -0.3 is 9.64 Å². The normalized spacial score (nSPS) is 15.3. The maximum Gasteiger partial charge on any atom is 0.155 e. The van der Waals surface area contributed by atoms with Crippen LogP contribution in [0.15, 0.2) is 34.2 Å². The zero-order valence-corrected chi connectivity index (χ0v) is 11.0. The Bertz CT molecular complexity index is 483. The highest BCUT2D eigenvalue weighted by molar-refractivity contribution is 8.03. The van der Waals surface area contributed by atoms with E-state index in [1.165, 1.54) is 4.90 Å². The fraction of sp³-hybridized carbons (Fsp3) is 0.357. The first-order chi connectivity index (χ1) is 8.15. The summed E-state index contributed by atoms with van der Waals surface area (Å²) in [7, 11) is 1.66. The summed E-state index contributed by atoms with van der Waals surface area (Å²) in [5.74, 6) is 0.914. The molecule has 1 aromatic carbocycles. The van der Waals surface area contributed by atoms with Gasteiger partial charge in [0.15, 0.2) is 5.78 Å². The molecule has 0 radical (unpaired) electrons. The first kappa shape index (κ1) is 14.6. The molecule has 0 saturated heterocycles. The molecule has 0 atom stereocenters. The van der Waals surface area contributed by atoms with Gasteiger partial charge in [-0.3, -0.25) is 4.79 Å². The molecule has 4 heteroatoms. The van der Waals surface area contributed by atoms with Gasteiger partial charge in [-0.15, -0.1) is 0 Å². The van der Waals surface area contributed by atoms with Gasteiger partial charge in [-0.1, -0.05) is 19.2 Å². The molecule has 0 spiro atoms. The minimum Gasteiger partial charge on any atom is -0.497 e. The van der Waals surface area contributed by atoms with Crippen LogP contribution in [0.2, 0.25) is 0 Å². The molecule has 1 aliphatic rings. The Kier molecular flexibility index (Phi) is 4.84. The fourth-order valence-electron chi connectivity index (χ4n) is 1.82. The smallest absolute Gasteiger partial charge is 0.155 e. The van der Waals surface area contributed by atoms with Crippen molar-refractivity contribution in [2.24, 2.45) is 0 Å². The number of anilines is 1. The molecule has 2 rings (SSSR count). The SMILES string of the molecule is C.CCN1/C(=C/C(C)=O)Sc2ccc(OC)cc21. The number of rotatable bonds is 3. The summed E-state index contributed by atoms with van der Waals surface area (Å²) in [4.78, 5) is 14.5. The minimum absolute atomic E-state index is 0. The van der Waals surface area contributed by atoms with E-state index in [1.807, 2.05) is 18.2 Å². The van der Waals surface area contributed by atoms with Crippen LogP contribution in [0.1, 0.15) is 21.3 Å². The van der Waals surface area contributed by atoms with E-state index in [2.05, 4.69) is 11.8 Å². The summed E-state index contributed by atoms with van der Waals surface area (Å²) in [5, 5.41) is 0.989. The highest BCUT2D eigenvalue weighted by Crippen LogP contribution is 2.47. The summed E-state index contributed by atoms with van der Waals surface area (Å²) in [5.41, 5.74) is 1.12. The Hall–Kier alpha value is -1.42. The average Bonchev–Trinajstić information content (AvgIpc) is 2.63. The number of hydrogen-bond acceptors (Lipinski definition) is 4. The highest BCUT2D eigenvalue weighted by Gasteiger charge is 2.24. The Labute approximate surface area is 113 Å². The Morgan fingerprint density at radius 1 is 1.50 bits per heavy atom. The van der Waals surface area contributed by atoms with E-state index in [0.717, 1.165) is 23.0 Å². The third-order valence-electron chi connectivity index (χ3n) is 2.58. The van der Waals surface area contributed by atoms with Crippen molar-refractivity contribution in [1.29, 1.82) is 0 Å². The van der Waals surface area contributed by atoms with Crippen molar-refractivity contribution in [2.45, 2.75) is 26.2 Å². The fourth-order valence-corrected chi connectivity index (χ4v) is 3.01. The zero-order valence-electron chi connectivity index (χ0n) is 10.2. The van der Waals surface area contributed by atoms with E-state index in [1.54, 1.807) is 31.9 Å². The van der Waals surface area contributed by atoms with Gasteiger partial charge in [0.25, 0.3) is 0 Å². The topological polar surface area (TPSA) is 29.5 Å². The number of hydrogen-bond donors (Lipinski definition) is 0. The van der Waals surface area contributed by atoms with Gasteiger partial charge in [0.05, 0.1) is 17.8 Å². The number of allylic oxidation sites excluding steroid dienone is 1. The van der Waals surface area contributed by atoms with Gasteiger partial charge in [0, 0.05) is 23.6 Å². The second-order valence-corrected chi connectivity index (χ2v) is 4.84. The third-order valence-corrected chi connectivity index (χ3v) is 3.69. The van der Waals surface area contributed by atoms with Gasteiger partial charge in [0.2, 0.25) is 0 Å². The van der Waals surface area contributed by atoms with Gasteiger partial charge in [-0.25, -0.2) is 0 Å². The monoisotopic (exact) mass is 265 g/mol. The van der Waals surface area contributed by atoms with Crippen LogP contribution in [0.4, 0.5) is 5.69 Å². The Balaban J connectivity index is 0.00000162. The van der Waals surface area contributed by atoms with E-state index in [4.69, 9.17) is 4.74 Å². The zero-order chi connectivity index (χ0) is 12.4. The molecule has 18 heavy (non-hydrogen) atoms. The molecule has 1 heterocycles. The molecular weight excluding hydrogens is 246 g/mol. The van der Waals surface area contributed by atoms with Gasteiger partial charge in [0.1, 0.15) is 5.75 Å². The number of nitrogens with zero attached hydrogens (tertiary/aromatic N) is 1. The number of ketones is 1. The molecular formula is C14H19NO2S. The van der Waals surface area contributed by atoms with E-state index in [9.17, 15) is 4.79 Å². The van der Waals surface area contributed by atoms with Crippen LogP contribution in [-0.4, -0.2) is 19.4 Å². The van der Waals surface area contributed by atoms with Crippen LogP contribution >= 0.6 is 11.8 Å². The largest absolute Gasteiger partial charge is 0.497 e. The van der Waals surface area contributed by atoms with Crippen LogP contribution in [0.3, 0.4) is 0 Å². The number of ether oxygens (including phenoxy) is 1. The average molecular weight is 265 g/mol. The molecule has 0 aliphatic carbocycles. The van der Waals surface area contributed by atoms with Crippen LogP contribution < -0.4 is 9.64 Å². The number of carbonyl (C=O) groups is 1. The van der Waals surface area contributed by atoms with Crippen molar-refractivity contribution >= 4 is 23.2 Å². The first-order valence-electron chi connectivity index (χ1n) is 5.51. The maximum absolute atomic E-state index is 11.2. The maximum atomic E-state index is 11.2. The molecule has 0 aromatic heterocycles. The van der Waals surface area contributed by atoms with Crippen LogP contribution in [0.25, 0.3) is 0 Å². The summed E-state index contributed by atoms with van der Waals surface area (Å²) >= 11 is 1.63. The van der Waals surface area contributed by atoms with Gasteiger partial charge in [-0.2, -0.15) is 0 Å². The van der Waals surface area contributed by atoms with Crippen molar-refractivity contribution < 1.29 is 9.53 Å². The van der Waals surface area contributed by atoms with Gasteiger partial charge >= 0.3 is 0 Å². The molecule has 0 N–H and O–H groups in total. The number of methoxy groups -OCH3 is 1. The predicted molar refractivity (Wildman–Crippen MR) is 77.4 cm³/mol. The van der Waals surface area contributed by atoms with Crippen LogP contribution in [-0.2, 0) is 4.79 Å². The number of benzene rings is 1. The molecule has 0 amide bonds. The molecule has 3 nitrogen and oxygen atoms in total. The molecule has 1 aliphatic heterocycles. The third kappa shape index (κ3) is 2.70.